The van der Waals surface area contributed by atoms with Gasteiger partial charge in [0.2, 0.25) is 11.8 Å². The fraction of sp³-hybridized carbons (Fsp3) is 0.462. The number of hydrogen-bond donors (Lipinski definition) is 5. The summed E-state index contributed by atoms with van der Waals surface area (Å²) in [6.45, 7) is 5.01. The molecule has 1 atom stereocenters. The molecule has 4 rings (SSSR count). The van der Waals surface area contributed by atoms with E-state index in [-0.39, 0.29) is 49.9 Å². The average molecular weight is 781 g/mol. The Hall–Kier alpha value is -5.22. The summed E-state index contributed by atoms with van der Waals surface area (Å²) in [5.74, 6) is -0.708. The largest absolute Gasteiger partial charge is 0.494 e. The molecule has 55 heavy (non-hydrogen) atoms. The molecule has 1 unspecified atom stereocenters. The molecule has 0 spiro atoms. The van der Waals surface area contributed by atoms with E-state index in [9.17, 15) is 27.6 Å². The zero-order chi connectivity index (χ0) is 39.6. The summed E-state index contributed by atoms with van der Waals surface area (Å²) < 4.78 is 42.6. The van der Waals surface area contributed by atoms with Gasteiger partial charge in [-0.3, -0.25) is 14.9 Å². The second-order valence-electron chi connectivity index (χ2n) is 13.2. The molecule has 0 fully saturated rings. The first-order valence-corrected chi connectivity index (χ1v) is 20.1. The Morgan fingerprint density at radius 2 is 1.64 bits per heavy atom. The van der Waals surface area contributed by atoms with Crippen LogP contribution in [-0.2, 0) is 53.1 Å². The Morgan fingerprint density at radius 3 is 2.38 bits per heavy atom. The average Bonchev–Trinajstić information content (AvgIpc) is 3.17. The zero-order valence-electron chi connectivity index (χ0n) is 31.7. The van der Waals surface area contributed by atoms with E-state index in [1.54, 1.807) is 26.0 Å². The highest BCUT2D eigenvalue weighted by molar-refractivity contribution is 7.91. The number of alkyl carbamates (subject to hydrolysis) is 1. The van der Waals surface area contributed by atoms with Crippen LogP contribution in [0, 0.1) is 13.8 Å². The molecule has 1 aliphatic heterocycles. The fourth-order valence-corrected chi connectivity index (χ4v) is 7.67. The molecule has 1 aromatic heterocycles. The van der Waals surface area contributed by atoms with Crippen molar-refractivity contribution >= 4 is 39.5 Å². The molecule has 1 aliphatic rings. The molecule has 16 heteroatoms. The summed E-state index contributed by atoms with van der Waals surface area (Å²) in [5.41, 5.74) is 3.90. The number of unbranched alkanes of at least 4 members (excludes halogenated alkanes) is 1. The van der Waals surface area contributed by atoms with E-state index in [0.29, 0.717) is 42.6 Å². The molecule has 0 aliphatic carbocycles. The number of pyridine rings is 1. The Labute approximate surface area is 322 Å². The number of sulfone groups is 1. The van der Waals surface area contributed by atoms with Crippen LogP contribution in [0.3, 0.4) is 0 Å². The topological polar surface area (TPSA) is 203 Å². The van der Waals surface area contributed by atoms with Crippen molar-refractivity contribution in [2.24, 2.45) is 0 Å². The van der Waals surface area contributed by atoms with Crippen molar-refractivity contribution in [2.75, 3.05) is 44.5 Å². The van der Waals surface area contributed by atoms with Crippen LogP contribution in [0.5, 0.6) is 5.75 Å². The van der Waals surface area contributed by atoms with Crippen LogP contribution in [0.1, 0.15) is 66.5 Å². The monoisotopic (exact) mass is 780 g/mol. The van der Waals surface area contributed by atoms with Crippen molar-refractivity contribution in [2.45, 2.75) is 82.9 Å². The highest BCUT2D eigenvalue weighted by Gasteiger charge is 2.26. The van der Waals surface area contributed by atoms with Crippen LogP contribution in [0.25, 0.3) is 0 Å². The third-order valence-corrected chi connectivity index (χ3v) is 10.6. The first kappa shape index (κ1) is 42.5. The Balaban J connectivity index is 1.15. The zero-order valence-corrected chi connectivity index (χ0v) is 32.5. The molecule has 15 nitrogen and oxygen atoms in total. The van der Waals surface area contributed by atoms with Gasteiger partial charge in [-0.25, -0.2) is 23.0 Å². The lowest BCUT2D eigenvalue weighted by molar-refractivity contribution is -0.146. The van der Waals surface area contributed by atoms with E-state index in [1.165, 1.54) is 5.56 Å². The van der Waals surface area contributed by atoms with Crippen LogP contribution >= 0.6 is 0 Å². The number of carbonyl (C=O) groups is 4. The maximum absolute atomic E-state index is 13.4. The minimum absolute atomic E-state index is 0.0743. The number of aryl methyl sites for hydroxylation is 4. The molecule has 5 N–H and O–H groups in total. The lowest BCUT2D eigenvalue weighted by Gasteiger charge is -2.19. The maximum Gasteiger partial charge on any atom is 0.407 e. The Morgan fingerprint density at radius 1 is 0.909 bits per heavy atom. The maximum atomic E-state index is 13.4. The number of rotatable bonds is 21. The van der Waals surface area contributed by atoms with E-state index < -0.39 is 39.8 Å². The van der Waals surface area contributed by atoms with Gasteiger partial charge >= 0.3 is 12.1 Å². The SMILES string of the molecule is COC(=O)C(NCS(=O)(=O)c1c(C)cc(OCCCC(=O)NCCNC(=O)OCc2ccccc2)cc1C)NC(=O)CCCCc1ccc2c(n1)NCCC2. The number of ether oxygens (including phenoxy) is 3. The number of aromatic nitrogens is 1. The first-order valence-electron chi connectivity index (χ1n) is 18.5. The van der Waals surface area contributed by atoms with E-state index in [1.807, 2.05) is 36.4 Å². The number of esters is 1. The van der Waals surface area contributed by atoms with Crippen LogP contribution in [-0.4, -0.2) is 82.7 Å². The van der Waals surface area contributed by atoms with Gasteiger partial charge in [-0.1, -0.05) is 36.4 Å². The number of nitrogens with zero attached hydrogens (tertiary/aromatic N) is 1. The molecule has 0 bridgehead atoms. The van der Waals surface area contributed by atoms with Gasteiger partial charge in [0, 0.05) is 38.2 Å². The molecular weight excluding hydrogens is 729 g/mol. The van der Waals surface area contributed by atoms with Gasteiger partial charge in [0.1, 0.15) is 24.1 Å². The smallest absolute Gasteiger partial charge is 0.407 e. The summed E-state index contributed by atoms with van der Waals surface area (Å²) in [6.07, 6.45) is 2.87. The number of benzene rings is 2. The third kappa shape index (κ3) is 14.2. The summed E-state index contributed by atoms with van der Waals surface area (Å²) in [6, 6.07) is 16.6. The normalized spacial score (nSPS) is 12.7. The van der Waals surface area contributed by atoms with E-state index in [0.717, 1.165) is 43.6 Å². The number of nitrogens with one attached hydrogen (secondary N) is 5. The quantitative estimate of drug-likeness (QED) is 0.0598. The number of anilines is 1. The summed E-state index contributed by atoms with van der Waals surface area (Å²) in [4.78, 5) is 54.0. The van der Waals surface area contributed by atoms with Crippen molar-refractivity contribution < 1.29 is 41.8 Å². The second-order valence-corrected chi connectivity index (χ2v) is 15.1. The fourth-order valence-electron chi connectivity index (χ4n) is 6.05. The summed E-state index contributed by atoms with van der Waals surface area (Å²) in [5, 5.41) is 13.8. The Bertz CT molecular complexity index is 1850. The van der Waals surface area contributed by atoms with Crippen LogP contribution in [0.4, 0.5) is 10.6 Å². The third-order valence-electron chi connectivity index (χ3n) is 8.75. The van der Waals surface area contributed by atoms with Gasteiger partial charge in [0.15, 0.2) is 16.0 Å². The van der Waals surface area contributed by atoms with Gasteiger partial charge in [-0.15, -0.1) is 0 Å². The van der Waals surface area contributed by atoms with Gasteiger partial charge in [0.05, 0.1) is 18.6 Å². The molecule has 298 valence electrons. The predicted molar refractivity (Wildman–Crippen MR) is 206 cm³/mol. The van der Waals surface area contributed by atoms with E-state index in [2.05, 4.69) is 37.6 Å². The lowest BCUT2D eigenvalue weighted by atomic mass is 10.1. The summed E-state index contributed by atoms with van der Waals surface area (Å²) >= 11 is 0. The molecule has 3 amide bonds. The molecule has 0 saturated heterocycles. The van der Waals surface area contributed by atoms with E-state index >= 15 is 0 Å². The molecular formula is C39H52N6O9S. The van der Waals surface area contributed by atoms with Crippen molar-refractivity contribution in [3.63, 3.8) is 0 Å². The van der Waals surface area contributed by atoms with Crippen LogP contribution in [0.2, 0.25) is 0 Å². The minimum atomic E-state index is -3.96. The van der Waals surface area contributed by atoms with Crippen LogP contribution < -0.4 is 31.3 Å². The van der Waals surface area contributed by atoms with Gasteiger partial charge in [-0.2, -0.15) is 0 Å². The number of fused-ring (bicyclic) bond motifs is 1. The Kier molecular flexibility index (Phi) is 16.7. The van der Waals surface area contributed by atoms with Crippen molar-refractivity contribution in [3.8, 4) is 5.75 Å². The van der Waals surface area contributed by atoms with Gasteiger partial charge in [-0.05, 0) is 92.8 Å². The summed E-state index contributed by atoms with van der Waals surface area (Å²) in [7, 11) is -2.81. The molecule has 2 aromatic carbocycles. The lowest BCUT2D eigenvalue weighted by Crippen LogP contribution is -2.52. The van der Waals surface area contributed by atoms with Crippen LogP contribution in [0.15, 0.2) is 59.5 Å². The van der Waals surface area contributed by atoms with Crippen molar-refractivity contribution in [1.29, 1.82) is 0 Å². The van der Waals surface area contributed by atoms with Crippen molar-refractivity contribution in [1.82, 2.24) is 26.3 Å². The van der Waals surface area contributed by atoms with E-state index in [4.69, 9.17) is 14.2 Å². The number of amides is 3. The molecule has 2 heterocycles. The number of methoxy groups -OCH3 is 1. The first-order chi connectivity index (χ1) is 26.4. The highest BCUT2D eigenvalue weighted by Crippen LogP contribution is 2.27. The molecule has 0 saturated carbocycles. The predicted octanol–water partition coefficient (Wildman–Crippen LogP) is 3.61. The standard InChI is InChI=1S/C39H52N6O9S/c1-27-23-32(53-22-10-16-33(46)40-20-21-42-39(49)54-25-29-11-5-4-6-12-29)24-28(2)35(27)55(50,51)26-43-37(38(48)52-3)45-34(47)15-8-7-14-31-18-17-30-13-9-19-41-36(30)44-31/h4-6,11-12,17-18,23-24,37,43H,7-10,13-16,19-22,25-26H2,1-3H3,(H,40,46)(H,41,44)(H,42,49)(H,45,47). The van der Waals surface area contributed by atoms with Gasteiger partial charge < -0.3 is 35.5 Å². The molecule has 3 aromatic rings. The number of carbonyl (C=O) groups excluding carboxylic acids is 4. The minimum Gasteiger partial charge on any atom is -0.494 e. The van der Waals surface area contributed by atoms with Gasteiger partial charge in [0.25, 0.3) is 0 Å². The number of hydrogen-bond acceptors (Lipinski definition) is 12. The highest BCUT2D eigenvalue weighted by atomic mass is 32.2. The second kappa shape index (κ2) is 21.6. The molecule has 0 radical (unpaired) electrons. The van der Waals surface area contributed by atoms with Crippen molar-refractivity contribution in [3.05, 3.63) is 82.5 Å².